The summed E-state index contributed by atoms with van der Waals surface area (Å²) in [5.74, 6) is 0.100. The van der Waals surface area contributed by atoms with E-state index in [-0.39, 0.29) is 5.78 Å². The van der Waals surface area contributed by atoms with Crippen LogP contribution in [0.2, 0.25) is 0 Å². The van der Waals surface area contributed by atoms with Crippen LogP contribution in [0.25, 0.3) is 0 Å². The topological polar surface area (TPSA) is 20.3 Å². The first-order valence-corrected chi connectivity index (χ1v) is 8.06. The molecule has 1 aliphatic heterocycles. The van der Waals surface area contributed by atoms with Gasteiger partial charge in [-0.3, -0.25) is 4.79 Å². The summed E-state index contributed by atoms with van der Waals surface area (Å²) in [7, 11) is 0. The summed E-state index contributed by atoms with van der Waals surface area (Å²) in [6.45, 7) is 3.56. The van der Waals surface area contributed by atoms with E-state index in [0.717, 1.165) is 41.7 Å². The molecule has 0 aromatic heterocycles. The van der Waals surface area contributed by atoms with Crippen LogP contribution in [-0.2, 0) is 13.0 Å². The second kappa shape index (κ2) is 6.02. The van der Waals surface area contributed by atoms with E-state index in [0.29, 0.717) is 0 Å². The van der Waals surface area contributed by atoms with Gasteiger partial charge in [0.1, 0.15) is 0 Å². The zero-order valence-corrected chi connectivity index (χ0v) is 13.7. The molecule has 0 radical (unpaired) electrons. The van der Waals surface area contributed by atoms with Gasteiger partial charge in [0.15, 0.2) is 5.78 Å². The van der Waals surface area contributed by atoms with Crippen molar-refractivity contribution in [3.05, 3.63) is 63.6 Å². The Bertz CT molecular complexity index is 681. The van der Waals surface area contributed by atoms with Crippen LogP contribution in [0, 0.1) is 0 Å². The van der Waals surface area contributed by atoms with Gasteiger partial charge >= 0.3 is 0 Å². The number of ketones is 1. The van der Waals surface area contributed by atoms with E-state index in [1.165, 1.54) is 11.1 Å². The van der Waals surface area contributed by atoms with Crippen molar-refractivity contribution in [3.63, 3.8) is 0 Å². The van der Waals surface area contributed by atoms with Crippen molar-refractivity contribution in [2.24, 2.45) is 0 Å². The summed E-state index contributed by atoms with van der Waals surface area (Å²) in [6, 6.07) is 14.6. The number of benzene rings is 2. The maximum atomic E-state index is 11.5. The number of carbonyl (C=O) groups excluding carboxylic acids is 1. The highest BCUT2D eigenvalue weighted by atomic mass is 79.9. The number of hydrogen-bond acceptors (Lipinski definition) is 2. The highest BCUT2D eigenvalue weighted by molar-refractivity contribution is 9.10. The quantitative estimate of drug-likeness (QED) is 0.742. The van der Waals surface area contributed by atoms with Gasteiger partial charge < -0.3 is 4.90 Å². The maximum Gasteiger partial charge on any atom is 0.159 e. The number of anilines is 1. The Morgan fingerprint density at radius 1 is 1.14 bits per heavy atom. The number of aryl methyl sites for hydroxylation is 1. The Morgan fingerprint density at radius 2 is 1.90 bits per heavy atom. The SMILES string of the molecule is CC(=O)c1ccc(N2CCCc3ccccc3C2)c(Br)c1. The van der Waals surface area contributed by atoms with Gasteiger partial charge in [0.05, 0.1) is 5.69 Å². The first kappa shape index (κ1) is 14.3. The van der Waals surface area contributed by atoms with Gasteiger partial charge in [-0.2, -0.15) is 0 Å². The van der Waals surface area contributed by atoms with Crippen molar-refractivity contribution in [3.8, 4) is 0 Å². The minimum absolute atomic E-state index is 0.100. The zero-order chi connectivity index (χ0) is 14.8. The number of nitrogens with zero attached hydrogens (tertiary/aromatic N) is 1. The first-order chi connectivity index (χ1) is 10.1. The van der Waals surface area contributed by atoms with Crippen LogP contribution < -0.4 is 4.90 Å². The third-order valence-electron chi connectivity index (χ3n) is 4.05. The van der Waals surface area contributed by atoms with Crippen molar-refractivity contribution in [1.29, 1.82) is 0 Å². The maximum absolute atomic E-state index is 11.5. The van der Waals surface area contributed by atoms with Crippen molar-refractivity contribution in [2.75, 3.05) is 11.4 Å². The average Bonchev–Trinajstić information content (AvgIpc) is 2.69. The van der Waals surface area contributed by atoms with Crippen LogP contribution in [-0.4, -0.2) is 12.3 Å². The predicted molar refractivity (Wildman–Crippen MR) is 90.0 cm³/mol. The molecule has 0 amide bonds. The molecule has 2 aromatic rings. The third-order valence-corrected chi connectivity index (χ3v) is 4.68. The Labute approximate surface area is 133 Å². The van der Waals surface area contributed by atoms with Crippen LogP contribution >= 0.6 is 15.9 Å². The lowest BCUT2D eigenvalue weighted by atomic mass is 10.0. The lowest BCUT2D eigenvalue weighted by Crippen LogP contribution is -2.23. The zero-order valence-electron chi connectivity index (χ0n) is 12.1. The normalized spacial score (nSPS) is 14.5. The van der Waals surface area contributed by atoms with Crippen LogP contribution in [0.1, 0.15) is 34.8 Å². The van der Waals surface area contributed by atoms with Gasteiger partial charge in [0.25, 0.3) is 0 Å². The van der Waals surface area contributed by atoms with Gasteiger partial charge in [-0.1, -0.05) is 24.3 Å². The molecule has 0 unspecified atom stereocenters. The molecule has 3 rings (SSSR count). The molecular weight excluding hydrogens is 326 g/mol. The molecule has 0 spiro atoms. The van der Waals surface area contributed by atoms with E-state index in [1.807, 2.05) is 12.1 Å². The molecule has 0 atom stereocenters. The lowest BCUT2D eigenvalue weighted by molar-refractivity contribution is 0.101. The molecule has 0 aliphatic carbocycles. The second-order valence-corrected chi connectivity index (χ2v) is 6.37. The Morgan fingerprint density at radius 3 is 2.62 bits per heavy atom. The Balaban J connectivity index is 1.92. The third kappa shape index (κ3) is 3.03. The molecule has 21 heavy (non-hydrogen) atoms. The van der Waals surface area contributed by atoms with E-state index < -0.39 is 0 Å². The van der Waals surface area contributed by atoms with Crippen LogP contribution in [0.5, 0.6) is 0 Å². The monoisotopic (exact) mass is 343 g/mol. The summed E-state index contributed by atoms with van der Waals surface area (Å²) >= 11 is 3.62. The molecule has 0 N–H and O–H groups in total. The lowest BCUT2D eigenvalue weighted by Gasteiger charge is -2.24. The number of hydrogen-bond donors (Lipinski definition) is 0. The molecule has 2 aromatic carbocycles. The summed E-state index contributed by atoms with van der Waals surface area (Å²) < 4.78 is 0.995. The fraction of sp³-hybridized carbons (Fsp3) is 0.278. The molecule has 0 saturated heterocycles. The summed E-state index contributed by atoms with van der Waals surface area (Å²) in [5, 5.41) is 0. The second-order valence-electron chi connectivity index (χ2n) is 5.52. The molecule has 1 aliphatic rings. The van der Waals surface area contributed by atoms with E-state index in [9.17, 15) is 4.79 Å². The van der Waals surface area contributed by atoms with Gasteiger partial charge in [-0.25, -0.2) is 0 Å². The fourth-order valence-electron chi connectivity index (χ4n) is 2.89. The minimum Gasteiger partial charge on any atom is -0.366 e. The van der Waals surface area contributed by atoms with Crippen molar-refractivity contribution in [1.82, 2.24) is 0 Å². The van der Waals surface area contributed by atoms with Crippen LogP contribution in [0.4, 0.5) is 5.69 Å². The van der Waals surface area contributed by atoms with E-state index in [1.54, 1.807) is 6.92 Å². The van der Waals surface area contributed by atoms with Gasteiger partial charge in [0, 0.05) is 23.1 Å². The van der Waals surface area contributed by atoms with Gasteiger partial charge in [-0.05, 0) is 65.0 Å². The molecule has 3 heteroatoms. The molecular formula is C18H18BrNO. The largest absolute Gasteiger partial charge is 0.366 e. The van der Waals surface area contributed by atoms with Crippen molar-refractivity contribution >= 4 is 27.4 Å². The number of carbonyl (C=O) groups is 1. The van der Waals surface area contributed by atoms with Crippen LogP contribution in [0.3, 0.4) is 0 Å². The summed E-state index contributed by atoms with van der Waals surface area (Å²) in [5.41, 5.74) is 4.77. The number of Topliss-reactive ketones (excluding diaryl/α,β-unsaturated/α-hetero) is 1. The van der Waals surface area contributed by atoms with Crippen LogP contribution in [0.15, 0.2) is 46.9 Å². The standard InChI is InChI=1S/C18H18BrNO/c1-13(21)15-8-9-18(17(19)11-15)20-10-4-7-14-5-2-3-6-16(14)12-20/h2-3,5-6,8-9,11H,4,7,10,12H2,1H3. The average molecular weight is 344 g/mol. The van der Waals surface area contributed by atoms with Gasteiger partial charge in [-0.15, -0.1) is 0 Å². The number of halogens is 1. The van der Waals surface area contributed by atoms with Crippen molar-refractivity contribution in [2.45, 2.75) is 26.3 Å². The molecule has 0 saturated carbocycles. The Kier molecular flexibility index (Phi) is 4.11. The number of fused-ring (bicyclic) bond motifs is 1. The summed E-state index contributed by atoms with van der Waals surface area (Å²) in [6.07, 6.45) is 2.29. The Hall–Kier alpha value is -1.61. The molecule has 0 bridgehead atoms. The number of rotatable bonds is 2. The molecule has 108 valence electrons. The highest BCUT2D eigenvalue weighted by Crippen LogP contribution is 2.31. The molecule has 0 fully saturated rings. The van der Waals surface area contributed by atoms with E-state index >= 15 is 0 Å². The first-order valence-electron chi connectivity index (χ1n) is 7.27. The fourth-order valence-corrected chi connectivity index (χ4v) is 3.52. The van der Waals surface area contributed by atoms with Gasteiger partial charge in [0.2, 0.25) is 0 Å². The smallest absolute Gasteiger partial charge is 0.159 e. The van der Waals surface area contributed by atoms with E-state index in [4.69, 9.17) is 0 Å². The molecule has 1 heterocycles. The van der Waals surface area contributed by atoms with E-state index in [2.05, 4.69) is 51.2 Å². The minimum atomic E-state index is 0.100. The predicted octanol–water partition coefficient (Wildman–Crippen LogP) is 4.60. The van der Waals surface area contributed by atoms with Crippen molar-refractivity contribution < 1.29 is 4.79 Å². The summed E-state index contributed by atoms with van der Waals surface area (Å²) in [4.78, 5) is 13.9. The molecule has 2 nitrogen and oxygen atoms in total. The highest BCUT2D eigenvalue weighted by Gasteiger charge is 2.16.